The Morgan fingerprint density at radius 1 is 1.26 bits per heavy atom. The van der Waals surface area contributed by atoms with E-state index in [-0.39, 0.29) is 24.0 Å². The van der Waals surface area contributed by atoms with Crippen molar-refractivity contribution in [2.45, 2.75) is 19.3 Å². The quantitative estimate of drug-likeness (QED) is 0.275. The van der Waals surface area contributed by atoms with Crippen LogP contribution in [0.2, 0.25) is 0 Å². The summed E-state index contributed by atoms with van der Waals surface area (Å²) in [6.07, 6.45) is 5.96. The smallest absolute Gasteiger partial charge is 0.193 e. The zero-order valence-electron chi connectivity index (χ0n) is 14.6. The Hall–Kier alpha value is 0.270. The fraction of sp³-hybridized carbons (Fsp3) is 0.938. The molecule has 2 saturated heterocycles. The Labute approximate surface area is 163 Å². The molecule has 0 aromatic heterocycles. The van der Waals surface area contributed by atoms with Crippen LogP contribution in [-0.4, -0.2) is 87.3 Å². The van der Waals surface area contributed by atoms with Crippen LogP contribution in [0, 0.1) is 5.92 Å². The second kappa shape index (κ2) is 12.6. The molecule has 5 nitrogen and oxygen atoms in total. The molecule has 136 valence electrons. The first-order valence-electron chi connectivity index (χ1n) is 8.58. The van der Waals surface area contributed by atoms with Gasteiger partial charge in [0.05, 0.1) is 13.2 Å². The average molecular weight is 456 g/mol. The molecule has 7 heteroatoms. The van der Waals surface area contributed by atoms with E-state index in [0.717, 1.165) is 57.8 Å². The number of rotatable bonds is 7. The Balaban J connectivity index is 0.00000264. The lowest BCUT2D eigenvalue weighted by molar-refractivity contribution is 0.0315. The molecule has 0 bridgehead atoms. The molecule has 1 N–H and O–H groups in total. The number of nitrogens with one attached hydrogen (secondary N) is 1. The van der Waals surface area contributed by atoms with Crippen LogP contribution < -0.4 is 5.32 Å². The number of aliphatic imine (C=N–C) groups is 1. The van der Waals surface area contributed by atoms with Gasteiger partial charge in [0, 0.05) is 46.3 Å². The molecule has 0 spiro atoms. The molecule has 2 fully saturated rings. The Kier molecular flexibility index (Phi) is 11.7. The van der Waals surface area contributed by atoms with Crippen molar-refractivity contribution in [2.75, 3.05) is 71.5 Å². The summed E-state index contributed by atoms with van der Waals surface area (Å²) in [5, 5.41) is 3.53. The van der Waals surface area contributed by atoms with E-state index < -0.39 is 0 Å². The van der Waals surface area contributed by atoms with Gasteiger partial charge in [-0.1, -0.05) is 0 Å². The minimum Gasteiger partial charge on any atom is -0.379 e. The zero-order valence-corrected chi connectivity index (χ0v) is 17.8. The van der Waals surface area contributed by atoms with Crippen LogP contribution in [0.4, 0.5) is 0 Å². The molecule has 2 heterocycles. The summed E-state index contributed by atoms with van der Waals surface area (Å²) in [4.78, 5) is 9.44. The first kappa shape index (κ1) is 21.3. The lowest BCUT2D eigenvalue weighted by atomic mass is 10.1. The van der Waals surface area contributed by atoms with Gasteiger partial charge in [0.2, 0.25) is 0 Å². The van der Waals surface area contributed by atoms with Gasteiger partial charge in [-0.2, -0.15) is 11.8 Å². The first-order chi connectivity index (χ1) is 10.8. The normalized spacial score (nSPS) is 23.0. The fourth-order valence-electron chi connectivity index (χ4n) is 3.23. The van der Waals surface area contributed by atoms with Crippen LogP contribution in [0.1, 0.15) is 19.3 Å². The summed E-state index contributed by atoms with van der Waals surface area (Å²) < 4.78 is 5.43. The SMILES string of the molecule is CN=C(NCCCCSC)N1CCC(CN2CCOCC2)C1.I. The van der Waals surface area contributed by atoms with E-state index in [0.29, 0.717) is 0 Å². The minimum atomic E-state index is 0. The highest BCUT2D eigenvalue weighted by Crippen LogP contribution is 2.18. The monoisotopic (exact) mass is 456 g/mol. The van der Waals surface area contributed by atoms with E-state index in [9.17, 15) is 0 Å². The van der Waals surface area contributed by atoms with Crippen molar-refractivity contribution < 1.29 is 4.74 Å². The predicted octanol–water partition coefficient (Wildman–Crippen LogP) is 1.98. The zero-order chi connectivity index (χ0) is 15.6. The number of unbranched alkanes of at least 4 members (excludes halogenated alkanes) is 1. The summed E-state index contributed by atoms with van der Waals surface area (Å²) in [6.45, 7) is 8.52. The van der Waals surface area contributed by atoms with Gasteiger partial charge >= 0.3 is 0 Å². The highest BCUT2D eigenvalue weighted by molar-refractivity contribution is 14.0. The van der Waals surface area contributed by atoms with Crippen LogP contribution in [0.3, 0.4) is 0 Å². The Bertz CT molecular complexity index is 340. The van der Waals surface area contributed by atoms with E-state index in [1.165, 1.54) is 31.6 Å². The van der Waals surface area contributed by atoms with Crippen LogP contribution >= 0.6 is 35.7 Å². The van der Waals surface area contributed by atoms with Crippen molar-refractivity contribution in [3.63, 3.8) is 0 Å². The van der Waals surface area contributed by atoms with Crippen LogP contribution in [-0.2, 0) is 4.74 Å². The van der Waals surface area contributed by atoms with Crippen LogP contribution in [0.15, 0.2) is 4.99 Å². The van der Waals surface area contributed by atoms with Gasteiger partial charge in [-0.05, 0) is 37.2 Å². The summed E-state index contributed by atoms with van der Waals surface area (Å²) in [5.41, 5.74) is 0. The minimum absolute atomic E-state index is 0. The van der Waals surface area contributed by atoms with Gasteiger partial charge in [0.25, 0.3) is 0 Å². The van der Waals surface area contributed by atoms with Crippen molar-refractivity contribution >= 4 is 41.7 Å². The number of hydrogen-bond acceptors (Lipinski definition) is 4. The van der Waals surface area contributed by atoms with E-state index in [2.05, 4.69) is 26.4 Å². The van der Waals surface area contributed by atoms with E-state index in [4.69, 9.17) is 4.74 Å². The highest BCUT2D eigenvalue weighted by Gasteiger charge is 2.26. The molecule has 1 unspecified atom stereocenters. The molecule has 1 atom stereocenters. The Morgan fingerprint density at radius 2 is 2.04 bits per heavy atom. The number of hydrogen-bond donors (Lipinski definition) is 1. The number of guanidine groups is 1. The third-order valence-electron chi connectivity index (χ3n) is 4.48. The fourth-order valence-corrected chi connectivity index (χ4v) is 3.72. The number of thioether (sulfide) groups is 1. The van der Waals surface area contributed by atoms with Crippen molar-refractivity contribution in [1.82, 2.24) is 15.1 Å². The van der Waals surface area contributed by atoms with Crippen molar-refractivity contribution in [2.24, 2.45) is 10.9 Å². The summed E-state index contributed by atoms with van der Waals surface area (Å²) in [5.74, 6) is 3.12. The standard InChI is InChI=1S/C16H32N4OS.HI/c1-17-16(18-6-3-4-12-22-2)20-7-5-15(14-20)13-19-8-10-21-11-9-19;/h15H,3-14H2,1-2H3,(H,17,18);1H. The van der Waals surface area contributed by atoms with Gasteiger partial charge in [-0.3, -0.25) is 9.89 Å². The number of ether oxygens (including phenoxy) is 1. The predicted molar refractivity (Wildman–Crippen MR) is 111 cm³/mol. The summed E-state index contributed by atoms with van der Waals surface area (Å²) in [6, 6.07) is 0. The van der Waals surface area contributed by atoms with E-state index >= 15 is 0 Å². The second-order valence-corrected chi connectivity index (χ2v) is 7.17. The highest BCUT2D eigenvalue weighted by atomic mass is 127. The topological polar surface area (TPSA) is 40.1 Å². The maximum absolute atomic E-state index is 5.43. The summed E-state index contributed by atoms with van der Waals surface area (Å²) >= 11 is 1.93. The molecule has 0 saturated carbocycles. The number of morpholine rings is 1. The van der Waals surface area contributed by atoms with Gasteiger partial charge in [0.1, 0.15) is 0 Å². The van der Waals surface area contributed by atoms with Gasteiger partial charge in [-0.25, -0.2) is 0 Å². The largest absolute Gasteiger partial charge is 0.379 e. The van der Waals surface area contributed by atoms with Crippen LogP contribution in [0.5, 0.6) is 0 Å². The van der Waals surface area contributed by atoms with E-state index in [1.54, 1.807) is 0 Å². The van der Waals surface area contributed by atoms with Crippen molar-refractivity contribution in [3.8, 4) is 0 Å². The number of nitrogens with zero attached hydrogens (tertiary/aromatic N) is 3. The van der Waals surface area contributed by atoms with Gasteiger partial charge in [0.15, 0.2) is 5.96 Å². The second-order valence-electron chi connectivity index (χ2n) is 6.19. The lowest BCUT2D eigenvalue weighted by Gasteiger charge is -2.29. The van der Waals surface area contributed by atoms with E-state index in [1.807, 2.05) is 18.8 Å². The number of halogens is 1. The molecule has 0 amide bonds. The lowest BCUT2D eigenvalue weighted by Crippen LogP contribution is -2.42. The molecule has 2 aliphatic rings. The van der Waals surface area contributed by atoms with Gasteiger partial charge < -0.3 is 15.0 Å². The first-order valence-corrected chi connectivity index (χ1v) is 9.97. The molecule has 2 rings (SSSR count). The molecule has 2 aliphatic heterocycles. The van der Waals surface area contributed by atoms with Gasteiger partial charge in [-0.15, -0.1) is 24.0 Å². The molecular formula is C16H33IN4OS. The maximum atomic E-state index is 5.43. The molecular weight excluding hydrogens is 423 g/mol. The van der Waals surface area contributed by atoms with Crippen molar-refractivity contribution in [1.29, 1.82) is 0 Å². The van der Waals surface area contributed by atoms with Crippen molar-refractivity contribution in [3.05, 3.63) is 0 Å². The molecule has 23 heavy (non-hydrogen) atoms. The Morgan fingerprint density at radius 3 is 2.74 bits per heavy atom. The average Bonchev–Trinajstić information content (AvgIpc) is 3.00. The molecule has 0 aromatic carbocycles. The molecule has 0 radical (unpaired) electrons. The number of likely N-dealkylation sites (tertiary alicyclic amines) is 1. The van der Waals surface area contributed by atoms with Crippen LogP contribution in [0.25, 0.3) is 0 Å². The molecule has 0 aromatic rings. The third-order valence-corrected chi connectivity index (χ3v) is 5.17. The molecule has 0 aliphatic carbocycles. The third kappa shape index (κ3) is 7.79. The summed E-state index contributed by atoms with van der Waals surface area (Å²) in [7, 11) is 1.90. The maximum Gasteiger partial charge on any atom is 0.193 e.